The second-order valence-corrected chi connectivity index (χ2v) is 7.52. The number of thiazole rings is 1. The number of benzene rings is 2. The molecule has 0 saturated carbocycles. The zero-order chi connectivity index (χ0) is 19.5. The Morgan fingerprint density at radius 2 is 1.82 bits per heavy atom. The molecule has 3 N–H and O–H groups in total. The summed E-state index contributed by atoms with van der Waals surface area (Å²) in [6.45, 7) is 0.559. The minimum Gasteiger partial charge on any atom is -0.497 e. The molecule has 0 bridgehead atoms. The summed E-state index contributed by atoms with van der Waals surface area (Å²) in [5, 5.41) is 10.8. The van der Waals surface area contributed by atoms with Crippen molar-refractivity contribution in [1.82, 2.24) is 9.97 Å². The lowest BCUT2D eigenvalue weighted by atomic mass is 10.1. The molecule has 144 valence electrons. The zero-order valence-corrected chi connectivity index (χ0v) is 16.1. The molecule has 0 spiro atoms. The van der Waals surface area contributed by atoms with E-state index in [9.17, 15) is 9.90 Å². The number of aromatic nitrogens is 2. The summed E-state index contributed by atoms with van der Waals surface area (Å²) in [7, 11) is 1.66. The molecule has 0 atom stereocenters. The van der Waals surface area contributed by atoms with Gasteiger partial charge in [0.25, 0.3) is 0 Å². The van der Waals surface area contributed by atoms with Gasteiger partial charge in [0.2, 0.25) is 5.88 Å². The van der Waals surface area contributed by atoms with Crippen LogP contribution in [0.15, 0.2) is 53.3 Å². The van der Waals surface area contributed by atoms with Gasteiger partial charge < -0.3 is 19.6 Å². The van der Waals surface area contributed by atoms with Crippen LogP contribution in [0.3, 0.4) is 0 Å². The molecule has 0 amide bonds. The van der Waals surface area contributed by atoms with E-state index in [1.165, 1.54) is 0 Å². The van der Waals surface area contributed by atoms with Crippen LogP contribution in [-0.4, -0.2) is 28.8 Å². The van der Waals surface area contributed by atoms with Crippen molar-refractivity contribution in [3.05, 3.63) is 74.3 Å². The standard InChI is InChI=1S/C21H20N2O4S/c1-26-17-6-7-18-14(12-17)11-15(22-18)8-9-27-16-4-2-13(3-5-16)10-19-20(24)23-21(25)28-19/h2-7,11-12,22,24H,8-10H2,1H3,(H,23,25). The van der Waals surface area contributed by atoms with E-state index in [-0.39, 0.29) is 10.8 Å². The highest BCUT2D eigenvalue weighted by Crippen LogP contribution is 2.23. The fourth-order valence-electron chi connectivity index (χ4n) is 3.07. The van der Waals surface area contributed by atoms with Crippen LogP contribution in [0, 0.1) is 0 Å². The van der Waals surface area contributed by atoms with Crippen molar-refractivity contribution in [3.63, 3.8) is 0 Å². The minimum absolute atomic E-state index is 0.0497. The summed E-state index contributed by atoms with van der Waals surface area (Å²) in [5.41, 5.74) is 3.19. The molecule has 0 unspecified atom stereocenters. The Bertz CT molecular complexity index is 1140. The average Bonchev–Trinajstić information content (AvgIpc) is 3.24. The van der Waals surface area contributed by atoms with Gasteiger partial charge in [-0.1, -0.05) is 23.5 Å². The van der Waals surface area contributed by atoms with E-state index in [2.05, 4.69) is 16.0 Å². The summed E-state index contributed by atoms with van der Waals surface area (Å²) in [4.78, 5) is 17.4. The molecule has 28 heavy (non-hydrogen) atoms. The van der Waals surface area contributed by atoms with Crippen LogP contribution in [0.2, 0.25) is 0 Å². The van der Waals surface area contributed by atoms with E-state index in [1.54, 1.807) is 7.11 Å². The molecule has 0 fully saturated rings. The topological polar surface area (TPSA) is 87.3 Å². The predicted molar refractivity (Wildman–Crippen MR) is 110 cm³/mol. The molecule has 4 aromatic rings. The normalized spacial score (nSPS) is 11.0. The molecular formula is C21H20N2O4S. The van der Waals surface area contributed by atoms with Crippen LogP contribution in [0.4, 0.5) is 0 Å². The molecule has 0 aliphatic heterocycles. The number of methoxy groups -OCH3 is 1. The van der Waals surface area contributed by atoms with E-state index in [0.717, 1.165) is 51.4 Å². The lowest BCUT2D eigenvalue weighted by molar-refractivity contribution is 0.321. The summed E-state index contributed by atoms with van der Waals surface area (Å²) >= 11 is 1.03. The van der Waals surface area contributed by atoms with Crippen molar-refractivity contribution in [2.75, 3.05) is 13.7 Å². The monoisotopic (exact) mass is 396 g/mol. The molecule has 0 aliphatic carbocycles. The molecule has 0 radical (unpaired) electrons. The highest BCUT2D eigenvalue weighted by Gasteiger charge is 2.08. The molecule has 6 nitrogen and oxygen atoms in total. The lowest BCUT2D eigenvalue weighted by Gasteiger charge is -2.06. The van der Waals surface area contributed by atoms with Crippen molar-refractivity contribution in [1.29, 1.82) is 0 Å². The Hall–Kier alpha value is -3.19. The van der Waals surface area contributed by atoms with Crippen molar-refractivity contribution in [3.8, 4) is 17.4 Å². The Kier molecular flexibility index (Phi) is 5.08. The van der Waals surface area contributed by atoms with E-state index in [1.807, 2.05) is 42.5 Å². The van der Waals surface area contributed by atoms with Crippen LogP contribution >= 0.6 is 11.3 Å². The van der Waals surface area contributed by atoms with Crippen LogP contribution in [-0.2, 0) is 12.8 Å². The van der Waals surface area contributed by atoms with Crippen LogP contribution in [0.25, 0.3) is 10.9 Å². The van der Waals surface area contributed by atoms with Gasteiger partial charge in [-0.05, 0) is 42.0 Å². The Morgan fingerprint density at radius 3 is 2.54 bits per heavy atom. The van der Waals surface area contributed by atoms with Gasteiger partial charge in [-0.3, -0.25) is 9.78 Å². The maximum atomic E-state index is 11.3. The summed E-state index contributed by atoms with van der Waals surface area (Å²) < 4.78 is 11.1. The van der Waals surface area contributed by atoms with Gasteiger partial charge in [-0.15, -0.1) is 0 Å². The number of aromatic hydroxyl groups is 1. The largest absolute Gasteiger partial charge is 0.497 e. The first-order valence-electron chi connectivity index (χ1n) is 8.89. The fourth-order valence-corrected chi connectivity index (χ4v) is 3.83. The number of H-pyrrole nitrogens is 2. The van der Waals surface area contributed by atoms with E-state index < -0.39 is 0 Å². The number of nitrogens with one attached hydrogen (secondary N) is 2. The number of hydrogen-bond donors (Lipinski definition) is 3. The maximum absolute atomic E-state index is 11.3. The third-order valence-corrected chi connectivity index (χ3v) is 5.38. The van der Waals surface area contributed by atoms with Gasteiger partial charge in [0.15, 0.2) is 0 Å². The first kappa shape index (κ1) is 18.2. The number of aromatic amines is 2. The molecule has 2 heterocycles. The molecule has 0 aliphatic rings. The van der Waals surface area contributed by atoms with Gasteiger partial charge >= 0.3 is 4.87 Å². The van der Waals surface area contributed by atoms with Crippen LogP contribution in [0.5, 0.6) is 17.4 Å². The maximum Gasteiger partial charge on any atom is 0.307 e. The van der Waals surface area contributed by atoms with Gasteiger partial charge in [-0.2, -0.15) is 0 Å². The SMILES string of the molecule is COc1ccc2[nH]c(CCOc3ccc(Cc4sc(=O)[nH]c4O)cc3)cc2c1. The first-order valence-corrected chi connectivity index (χ1v) is 9.71. The first-order chi connectivity index (χ1) is 13.6. The number of hydrogen-bond acceptors (Lipinski definition) is 5. The molecular weight excluding hydrogens is 376 g/mol. The minimum atomic E-state index is -0.247. The number of ether oxygens (including phenoxy) is 2. The second kappa shape index (κ2) is 7.82. The Labute approximate surface area is 165 Å². The van der Waals surface area contributed by atoms with Crippen LogP contribution in [0.1, 0.15) is 16.1 Å². The molecule has 7 heteroatoms. The van der Waals surface area contributed by atoms with Crippen LogP contribution < -0.4 is 14.3 Å². The van der Waals surface area contributed by atoms with Crippen molar-refractivity contribution in [2.24, 2.45) is 0 Å². The third kappa shape index (κ3) is 4.04. The van der Waals surface area contributed by atoms with Crippen molar-refractivity contribution < 1.29 is 14.6 Å². The fraction of sp³-hybridized carbons (Fsp3) is 0.190. The lowest BCUT2D eigenvalue weighted by Crippen LogP contribution is -2.01. The second-order valence-electron chi connectivity index (χ2n) is 6.45. The van der Waals surface area contributed by atoms with Gasteiger partial charge in [0, 0.05) is 29.4 Å². The van der Waals surface area contributed by atoms with Gasteiger partial charge in [-0.25, -0.2) is 0 Å². The highest BCUT2D eigenvalue weighted by atomic mass is 32.1. The Morgan fingerprint density at radius 1 is 1.04 bits per heavy atom. The van der Waals surface area contributed by atoms with Gasteiger partial charge in [0.05, 0.1) is 18.6 Å². The summed E-state index contributed by atoms with van der Waals surface area (Å²) in [6.07, 6.45) is 1.28. The average molecular weight is 396 g/mol. The summed E-state index contributed by atoms with van der Waals surface area (Å²) in [6, 6.07) is 15.7. The molecule has 2 aromatic heterocycles. The smallest absolute Gasteiger partial charge is 0.307 e. The Balaban J connectivity index is 1.33. The quantitative estimate of drug-likeness (QED) is 0.443. The van der Waals surface area contributed by atoms with Crippen molar-refractivity contribution in [2.45, 2.75) is 12.8 Å². The zero-order valence-electron chi connectivity index (χ0n) is 15.3. The molecule has 0 saturated heterocycles. The predicted octanol–water partition coefficient (Wildman–Crippen LogP) is 3.84. The molecule has 2 aromatic carbocycles. The number of rotatable bonds is 7. The van der Waals surface area contributed by atoms with E-state index >= 15 is 0 Å². The highest BCUT2D eigenvalue weighted by molar-refractivity contribution is 7.09. The summed E-state index contributed by atoms with van der Waals surface area (Å²) in [5.74, 6) is 1.58. The van der Waals surface area contributed by atoms with E-state index in [0.29, 0.717) is 17.9 Å². The third-order valence-electron chi connectivity index (χ3n) is 4.51. The van der Waals surface area contributed by atoms with Gasteiger partial charge in [0.1, 0.15) is 11.5 Å². The number of fused-ring (bicyclic) bond motifs is 1. The van der Waals surface area contributed by atoms with Crippen molar-refractivity contribution >= 4 is 22.2 Å². The molecule has 4 rings (SSSR count). The van der Waals surface area contributed by atoms with E-state index in [4.69, 9.17) is 9.47 Å².